The lowest BCUT2D eigenvalue weighted by Gasteiger charge is -2.07. The quantitative estimate of drug-likeness (QED) is 0.570. The Kier molecular flexibility index (Phi) is 6.18. The van der Waals surface area contributed by atoms with E-state index in [4.69, 9.17) is 27.0 Å². The summed E-state index contributed by atoms with van der Waals surface area (Å²) in [6.07, 6.45) is 1.86. The summed E-state index contributed by atoms with van der Waals surface area (Å²) in [4.78, 5) is 0. The first-order valence-electron chi connectivity index (χ1n) is 5.39. The molecule has 0 atom stereocenters. The van der Waals surface area contributed by atoms with E-state index in [0.29, 0.717) is 31.6 Å². The Balaban J connectivity index is 2.22. The molecule has 0 aliphatic carbocycles. The van der Waals surface area contributed by atoms with Crippen molar-refractivity contribution in [3.8, 4) is 5.75 Å². The van der Waals surface area contributed by atoms with Crippen molar-refractivity contribution in [1.82, 2.24) is 0 Å². The third-order valence-corrected chi connectivity index (χ3v) is 3.72. The Hall–Kier alpha value is -0.520. The van der Waals surface area contributed by atoms with Crippen molar-refractivity contribution in [3.05, 3.63) is 29.0 Å². The highest BCUT2D eigenvalue weighted by Gasteiger charge is 2.05. The number of hydrogen-bond acceptors (Lipinski definition) is 3. The third-order valence-electron chi connectivity index (χ3n) is 2.18. The van der Waals surface area contributed by atoms with Crippen LogP contribution >= 0.6 is 22.3 Å². The average molecular weight is 315 g/mol. The summed E-state index contributed by atoms with van der Waals surface area (Å²) >= 11 is 5.77. The maximum atomic E-state index is 12.7. The lowest BCUT2D eigenvalue weighted by Crippen LogP contribution is -2.01. The topological polar surface area (TPSA) is 43.4 Å². The van der Waals surface area contributed by atoms with Crippen LogP contribution in [0.25, 0.3) is 0 Å². The summed E-state index contributed by atoms with van der Waals surface area (Å²) < 4.78 is 39.4. The van der Waals surface area contributed by atoms with E-state index in [0.717, 1.165) is 0 Å². The van der Waals surface area contributed by atoms with Crippen LogP contribution in [0.1, 0.15) is 19.3 Å². The van der Waals surface area contributed by atoms with Gasteiger partial charge in [-0.15, -0.1) is 0 Å². The SMILES string of the molecule is O=S(=O)(Cl)CCCCCOc1ccc(F)cc1Cl. The Labute approximate surface area is 115 Å². The number of hydrogen-bond donors (Lipinski definition) is 0. The fourth-order valence-electron chi connectivity index (χ4n) is 1.33. The molecule has 0 fully saturated rings. The van der Waals surface area contributed by atoms with Gasteiger partial charge in [-0.05, 0) is 37.5 Å². The van der Waals surface area contributed by atoms with Crippen molar-refractivity contribution in [2.45, 2.75) is 19.3 Å². The minimum atomic E-state index is -3.41. The second kappa shape index (κ2) is 7.16. The van der Waals surface area contributed by atoms with Crippen LogP contribution in [0, 0.1) is 5.82 Å². The van der Waals surface area contributed by atoms with Gasteiger partial charge in [0.05, 0.1) is 17.4 Å². The van der Waals surface area contributed by atoms with Crippen LogP contribution in [0.5, 0.6) is 5.75 Å². The normalized spacial score (nSPS) is 11.5. The van der Waals surface area contributed by atoms with E-state index in [1.165, 1.54) is 18.2 Å². The number of benzene rings is 1. The van der Waals surface area contributed by atoms with E-state index in [-0.39, 0.29) is 10.8 Å². The Morgan fingerprint density at radius 1 is 1.22 bits per heavy atom. The van der Waals surface area contributed by atoms with Gasteiger partial charge in [0, 0.05) is 10.7 Å². The standard InChI is InChI=1S/C11H13Cl2FO3S/c12-10-8-9(14)4-5-11(10)17-6-2-1-3-7-18(13,15)16/h4-5,8H,1-3,6-7H2. The summed E-state index contributed by atoms with van der Waals surface area (Å²) in [6.45, 7) is 0.397. The summed E-state index contributed by atoms with van der Waals surface area (Å²) in [5.74, 6) is -0.0334. The lowest BCUT2D eigenvalue weighted by atomic mass is 10.2. The number of rotatable bonds is 7. The predicted octanol–water partition coefficient (Wildman–Crippen LogP) is 3.60. The van der Waals surface area contributed by atoms with Gasteiger partial charge < -0.3 is 4.74 Å². The first-order valence-corrected chi connectivity index (χ1v) is 8.24. The fourth-order valence-corrected chi connectivity index (χ4v) is 2.43. The van der Waals surface area contributed by atoms with Crippen LogP contribution in [0.4, 0.5) is 4.39 Å². The van der Waals surface area contributed by atoms with Crippen LogP contribution in [0.15, 0.2) is 18.2 Å². The van der Waals surface area contributed by atoms with Gasteiger partial charge in [-0.1, -0.05) is 11.6 Å². The molecular weight excluding hydrogens is 302 g/mol. The van der Waals surface area contributed by atoms with Gasteiger partial charge in [0.15, 0.2) is 0 Å². The van der Waals surface area contributed by atoms with Crippen LogP contribution < -0.4 is 4.74 Å². The molecule has 0 saturated heterocycles. The molecule has 0 spiro atoms. The zero-order chi connectivity index (χ0) is 13.6. The molecule has 1 rings (SSSR count). The maximum absolute atomic E-state index is 12.7. The van der Waals surface area contributed by atoms with Gasteiger partial charge in [-0.25, -0.2) is 12.8 Å². The van der Waals surface area contributed by atoms with Gasteiger partial charge >= 0.3 is 0 Å². The van der Waals surface area contributed by atoms with Gasteiger partial charge in [0.25, 0.3) is 0 Å². The van der Waals surface area contributed by atoms with Crippen LogP contribution in [0.2, 0.25) is 5.02 Å². The predicted molar refractivity (Wildman–Crippen MR) is 70.4 cm³/mol. The van der Waals surface area contributed by atoms with Gasteiger partial charge in [0.1, 0.15) is 11.6 Å². The molecule has 0 amide bonds. The monoisotopic (exact) mass is 314 g/mol. The average Bonchev–Trinajstić information content (AvgIpc) is 2.24. The second-order valence-electron chi connectivity index (χ2n) is 3.73. The second-order valence-corrected chi connectivity index (χ2v) is 7.03. The van der Waals surface area contributed by atoms with Crippen molar-refractivity contribution in [3.63, 3.8) is 0 Å². The summed E-state index contributed by atoms with van der Waals surface area (Å²) in [7, 11) is 1.66. The molecule has 1 aromatic rings. The highest BCUT2D eigenvalue weighted by Crippen LogP contribution is 2.24. The highest BCUT2D eigenvalue weighted by molar-refractivity contribution is 8.13. The molecule has 0 heterocycles. The van der Waals surface area contributed by atoms with Crippen molar-refractivity contribution >= 4 is 31.3 Å². The summed E-state index contributed by atoms with van der Waals surface area (Å²) in [5, 5.41) is 0.221. The van der Waals surface area contributed by atoms with Crippen molar-refractivity contribution < 1.29 is 17.5 Å². The lowest BCUT2D eigenvalue weighted by molar-refractivity contribution is 0.306. The molecule has 0 aliphatic rings. The first-order chi connectivity index (χ1) is 8.38. The molecule has 7 heteroatoms. The molecule has 1 aromatic carbocycles. The maximum Gasteiger partial charge on any atom is 0.232 e. The van der Waals surface area contributed by atoms with Gasteiger partial charge in [-0.2, -0.15) is 0 Å². The molecule has 0 saturated carbocycles. The van der Waals surface area contributed by atoms with E-state index in [1.807, 2.05) is 0 Å². The number of halogens is 3. The molecular formula is C11H13Cl2FO3S. The van der Waals surface area contributed by atoms with E-state index in [1.54, 1.807) is 0 Å². The van der Waals surface area contributed by atoms with Crippen LogP contribution in [0.3, 0.4) is 0 Å². The molecule has 0 N–H and O–H groups in total. The summed E-state index contributed by atoms with van der Waals surface area (Å²) in [5.41, 5.74) is 0. The zero-order valence-corrected chi connectivity index (χ0v) is 11.9. The number of unbranched alkanes of at least 4 members (excludes halogenated alkanes) is 2. The molecule has 102 valence electrons. The third kappa shape index (κ3) is 6.42. The van der Waals surface area contributed by atoms with Crippen molar-refractivity contribution in [2.24, 2.45) is 0 Å². The molecule has 0 aromatic heterocycles. The number of ether oxygens (including phenoxy) is 1. The van der Waals surface area contributed by atoms with Crippen molar-refractivity contribution in [1.29, 1.82) is 0 Å². The van der Waals surface area contributed by atoms with E-state index in [9.17, 15) is 12.8 Å². The van der Waals surface area contributed by atoms with Crippen molar-refractivity contribution in [2.75, 3.05) is 12.4 Å². The molecule has 0 bridgehead atoms. The minimum absolute atomic E-state index is 0.0359. The Morgan fingerprint density at radius 2 is 1.94 bits per heavy atom. The zero-order valence-electron chi connectivity index (χ0n) is 9.53. The largest absolute Gasteiger partial charge is 0.492 e. The minimum Gasteiger partial charge on any atom is -0.492 e. The smallest absolute Gasteiger partial charge is 0.232 e. The summed E-state index contributed by atoms with van der Waals surface area (Å²) in [6, 6.07) is 3.90. The molecule has 18 heavy (non-hydrogen) atoms. The van der Waals surface area contributed by atoms with Gasteiger partial charge in [0.2, 0.25) is 9.05 Å². The molecule has 0 unspecified atom stereocenters. The van der Waals surface area contributed by atoms with Crippen LogP contribution in [-0.2, 0) is 9.05 Å². The van der Waals surface area contributed by atoms with E-state index in [2.05, 4.69) is 0 Å². The van der Waals surface area contributed by atoms with E-state index >= 15 is 0 Å². The molecule has 3 nitrogen and oxygen atoms in total. The highest BCUT2D eigenvalue weighted by atomic mass is 35.7. The molecule has 0 aliphatic heterocycles. The fraction of sp³-hybridized carbons (Fsp3) is 0.455. The van der Waals surface area contributed by atoms with Crippen LogP contribution in [-0.4, -0.2) is 20.8 Å². The Morgan fingerprint density at radius 3 is 2.56 bits per heavy atom. The molecule has 0 radical (unpaired) electrons. The van der Waals surface area contributed by atoms with Gasteiger partial charge in [-0.3, -0.25) is 0 Å². The first kappa shape index (κ1) is 15.5. The van der Waals surface area contributed by atoms with E-state index < -0.39 is 14.9 Å². The Bertz CT molecular complexity index is 491.